The molecule has 158 valence electrons. The van der Waals surface area contributed by atoms with Gasteiger partial charge < -0.3 is 20.1 Å². The van der Waals surface area contributed by atoms with Crippen LogP contribution in [0.15, 0.2) is 42.6 Å². The van der Waals surface area contributed by atoms with Crippen LogP contribution in [-0.4, -0.2) is 34.7 Å². The topological polar surface area (TPSA) is 68.3 Å². The quantitative estimate of drug-likeness (QED) is 0.668. The van der Waals surface area contributed by atoms with Crippen LogP contribution in [0.2, 0.25) is 0 Å². The normalized spacial score (nSPS) is 13.6. The zero-order valence-electron chi connectivity index (χ0n) is 15.4. The smallest absolute Gasteiger partial charge is 0.417 e. The van der Waals surface area contributed by atoms with Gasteiger partial charge in [-0.25, -0.2) is 13.8 Å². The molecular weight excluding hydrogens is 397 g/mol. The molecule has 29 heavy (non-hydrogen) atoms. The van der Waals surface area contributed by atoms with Gasteiger partial charge in [-0.3, -0.25) is 0 Å². The first kappa shape index (κ1) is 22.4. The van der Waals surface area contributed by atoms with Crippen LogP contribution in [0.5, 0.6) is 0 Å². The maximum absolute atomic E-state index is 14.5. The van der Waals surface area contributed by atoms with Gasteiger partial charge in [0, 0.05) is 19.3 Å². The van der Waals surface area contributed by atoms with Gasteiger partial charge in [-0.05, 0) is 18.1 Å². The number of aromatic nitrogens is 1. The third-order valence-corrected chi connectivity index (χ3v) is 4.29. The highest BCUT2D eigenvalue weighted by Gasteiger charge is 2.32. The molecule has 0 saturated heterocycles. The summed E-state index contributed by atoms with van der Waals surface area (Å²) in [6, 6.07) is 7.39. The van der Waals surface area contributed by atoms with Crippen LogP contribution >= 0.6 is 0 Å². The van der Waals surface area contributed by atoms with Gasteiger partial charge in [0.25, 0.3) is 0 Å². The standard InChI is InChI=1S/C19H20F5N3O2/c1-2-14(20)16(27(18(28)29)11-12-6-4-3-5-7-12)10-26-17-15(21)8-13(9-25-17)19(22,23)24/h3-9,14,16H,2,10-11H2,1H3,(H,25,26)(H,28,29)/p-1/t14-,16+/m0/s1. The molecule has 2 rings (SSSR count). The molecule has 1 amide bonds. The lowest BCUT2D eigenvalue weighted by Gasteiger charge is -2.36. The number of alkyl halides is 4. The second-order valence-corrected chi connectivity index (χ2v) is 6.30. The fourth-order valence-corrected chi connectivity index (χ4v) is 2.73. The summed E-state index contributed by atoms with van der Waals surface area (Å²) in [5.74, 6) is -1.82. The number of benzene rings is 1. The van der Waals surface area contributed by atoms with Gasteiger partial charge in [0.1, 0.15) is 12.3 Å². The molecule has 0 fully saturated rings. The highest BCUT2D eigenvalue weighted by atomic mass is 19.4. The molecule has 0 radical (unpaired) electrons. The molecule has 0 bridgehead atoms. The zero-order valence-corrected chi connectivity index (χ0v) is 15.4. The van der Waals surface area contributed by atoms with E-state index in [-0.39, 0.29) is 19.0 Å². The summed E-state index contributed by atoms with van der Waals surface area (Å²) < 4.78 is 66.3. The Morgan fingerprint density at radius 2 is 1.93 bits per heavy atom. The van der Waals surface area contributed by atoms with Gasteiger partial charge in [-0.1, -0.05) is 37.3 Å². The number of carboxylic acid groups (broad SMARTS) is 1. The Kier molecular flexibility index (Phi) is 7.35. The van der Waals surface area contributed by atoms with Gasteiger partial charge in [0.05, 0.1) is 11.6 Å². The van der Waals surface area contributed by atoms with Gasteiger partial charge in [0.2, 0.25) is 0 Å². The first-order valence-electron chi connectivity index (χ1n) is 8.75. The molecule has 0 spiro atoms. The number of amides is 1. The predicted octanol–water partition coefficient (Wildman–Crippen LogP) is 3.61. The fraction of sp³-hybridized carbons (Fsp3) is 0.368. The molecule has 0 unspecified atom stereocenters. The Morgan fingerprint density at radius 1 is 1.28 bits per heavy atom. The van der Waals surface area contributed by atoms with E-state index < -0.39 is 48.2 Å². The summed E-state index contributed by atoms with van der Waals surface area (Å²) >= 11 is 0. The van der Waals surface area contributed by atoms with E-state index in [9.17, 15) is 31.9 Å². The number of halogens is 5. The number of rotatable bonds is 8. The van der Waals surface area contributed by atoms with Crippen molar-refractivity contribution in [3.63, 3.8) is 0 Å². The Bertz CT molecular complexity index is 817. The third kappa shape index (κ3) is 6.03. The number of hydrogen-bond acceptors (Lipinski definition) is 4. The van der Waals surface area contributed by atoms with E-state index in [0.29, 0.717) is 11.8 Å². The second-order valence-electron chi connectivity index (χ2n) is 6.30. The summed E-state index contributed by atoms with van der Waals surface area (Å²) in [5, 5.41) is 14.0. The van der Waals surface area contributed by atoms with Crippen LogP contribution in [0, 0.1) is 5.82 Å². The van der Waals surface area contributed by atoms with Crippen molar-refractivity contribution in [1.82, 2.24) is 9.88 Å². The SMILES string of the molecule is CC[C@H](F)[C@@H](CNc1ncc(C(F)(F)F)cc1F)N(Cc1ccccc1)C(=O)[O-]. The first-order valence-corrected chi connectivity index (χ1v) is 8.75. The molecule has 1 aromatic heterocycles. The highest BCUT2D eigenvalue weighted by Crippen LogP contribution is 2.30. The molecule has 0 aliphatic rings. The van der Waals surface area contributed by atoms with Crippen molar-refractivity contribution in [3.8, 4) is 0 Å². The van der Waals surface area contributed by atoms with E-state index in [2.05, 4.69) is 10.3 Å². The Hall–Kier alpha value is -2.91. The lowest BCUT2D eigenvalue weighted by Crippen LogP contribution is -2.53. The van der Waals surface area contributed by atoms with Crippen LogP contribution < -0.4 is 10.4 Å². The number of nitrogens with zero attached hydrogens (tertiary/aromatic N) is 2. The van der Waals surface area contributed by atoms with Crippen molar-refractivity contribution < 1.29 is 31.9 Å². The number of nitrogens with one attached hydrogen (secondary N) is 1. The largest absolute Gasteiger partial charge is 0.530 e. The van der Waals surface area contributed by atoms with E-state index >= 15 is 0 Å². The van der Waals surface area contributed by atoms with Gasteiger partial charge in [-0.2, -0.15) is 13.2 Å². The number of carbonyl (C=O) groups is 1. The van der Waals surface area contributed by atoms with Crippen LogP contribution in [0.1, 0.15) is 24.5 Å². The molecule has 0 saturated carbocycles. The minimum absolute atomic E-state index is 0.0339. The molecule has 1 heterocycles. The van der Waals surface area contributed by atoms with Crippen LogP contribution in [0.3, 0.4) is 0 Å². The minimum Gasteiger partial charge on any atom is -0.530 e. The highest BCUT2D eigenvalue weighted by molar-refractivity contribution is 5.63. The predicted molar refractivity (Wildman–Crippen MR) is 94.0 cm³/mol. The monoisotopic (exact) mass is 416 g/mol. The van der Waals surface area contributed by atoms with Gasteiger partial charge >= 0.3 is 6.18 Å². The van der Waals surface area contributed by atoms with Crippen molar-refractivity contribution in [2.75, 3.05) is 11.9 Å². The number of anilines is 1. The molecule has 1 N–H and O–H groups in total. The Morgan fingerprint density at radius 3 is 2.45 bits per heavy atom. The molecular formula is C19H19F5N3O2-. The van der Waals surface area contributed by atoms with E-state index in [1.165, 1.54) is 6.92 Å². The second kappa shape index (κ2) is 9.53. The maximum Gasteiger partial charge on any atom is 0.417 e. The molecule has 10 heteroatoms. The minimum atomic E-state index is -4.76. The molecule has 0 aliphatic heterocycles. The summed E-state index contributed by atoms with van der Waals surface area (Å²) in [7, 11) is 0. The van der Waals surface area contributed by atoms with Crippen molar-refractivity contribution in [2.45, 2.75) is 38.3 Å². The summed E-state index contributed by atoms with van der Waals surface area (Å²) in [4.78, 5) is 15.7. The first-order chi connectivity index (χ1) is 13.6. The molecule has 5 nitrogen and oxygen atoms in total. The van der Waals surface area contributed by atoms with E-state index in [4.69, 9.17) is 0 Å². The van der Waals surface area contributed by atoms with E-state index in [1.807, 2.05) is 0 Å². The maximum atomic E-state index is 14.5. The fourth-order valence-electron chi connectivity index (χ4n) is 2.73. The molecule has 2 atom stereocenters. The lowest BCUT2D eigenvalue weighted by molar-refractivity contribution is -0.269. The van der Waals surface area contributed by atoms with E-state index in [0.717, 1.165) is 4.90 Å². The summed E-state index contributed by atoms with van der Waals surface area (Å²) in [6.07, 6.45) is -7.61. The molecule has 1 aromatic carbocycles. The Balaban J connectivity index is 2.20. The molecule has 0 aliphatic carbocycles. The lowest BCUT2D eigenvalue weighted by atomic mass is 10.1. The third-order valence-electron chi connectivity index (χ3n) is 4.29. The summed E-state index contributed by atoms with van der Waals surface area (Å²) in [6.45, 7) is 0.925. The van der Waals surface area contributed by atoms with Crippen molar-refractivity contribution in [1.29, 1.82) is 0 Å². The van der Waals surface area contributed by atoms with Crippen LogP contribution in [0.4, 0.5) is 32.6 Å². The Labute approximate surface area is 164 Å². The number of pyridine rings is 1. The van der Waals surface area contributed by atoms with Crippen molar-refractivity contribution in [3.05, 3.63) is 59.5 Å². The average Bonchev–Trinajstić information content (AvgIpc) is 2.67. The van der Waals surface area contributed by atoms with Crippen LogP contribution in [0.25, 0.3) is 0 Å². The summed E-state index contributed by atoms with van der Waals surface area (Å²) in [5.41, 5.74) is -0.682. The van der Waals surface area contributed by atoms with Gasteiger partial charge in [0.15, 0.2) is 11.6 Å². The molecule has 2 aromatic rings. The van der Waals surface area contributed by atoms with Gasteiger partial charge in [-0.15, -0.1) is 0 Å². The number of carbonyl (C=O) groups excluding carboxylic acids is 1. The average molecular weight is 416 g/mol. The number of hydrogen-bond donors (Lipinski definition) is 1. The van der Waals surface area contributed by atoms with Crippen LogP contribution in [-0.2, 0) is 12.7 Å². The van der Waals surface area contributed by atoms with Crippen molar-refractivity contribution >= 4 is 11.9 Å². The van der Waals surface area contributed by atoms with E-state index in [1.54, 1.807) is 30.3 Å². The zero-order chi connectivity index (χ0) is 21.6. The van der Waals surface area contributed by atoms with Crippen molar-refractivity contribution in [2.24, 2.45) is 0 Å².